The summed E-state index contributed by atoms with van der Waals surface area (Å²) in [5, 5.41) is 0. The predicted octanol–water partition coefficient (Wildman–Crippen LogP) is 5.25. The zero-order chi connectivity index (χ0) is 20.8. The van der Waals surface area contributed by atoms with Crippen molar-refractivity contribution in [2.75, 3.05) is 0 Å². The first-order valence-electron chi connectivity index (χ1n) is 10.4. The SMILES string of the molecule is O=C(OCc1ccccc1)OC1CC2CCC2CC1OC(=O)OCc1ccccc1. The molecule has 0 aromatic heterocycles. The van der Waals surface area contributed by atoms with Crippen LogP contribution in [0.25, 0.3) is 0 Å². The minimum absolute atomic E-state index is 0.142. The summed E-state index contributed by atoms with van der Waals surface area (Å²) >= 11 is 0. The van der Waals surface area contributed by atoms with Gasteiger partial charge in [-0.1, -0.05) is 60.7 Å². The van der Waals surface area contributed by atoms with E-state index in [9.17, 15) is 9.59 Å². The molecule has 4 atom stereocenters. The number of fused-ring (bicyclic) bond motifs is 1. The second-order valence-electron chi connectivity index (χ2n) is 7.93. The lowest BCUT2D eigenvalue weighted by Crippen LogP contribution is -2.47. The highest BCUT2D eigenvalue weighted by Gasteiger charge is 2.45. The van der Waals surface area contributed by atoms with Gasteiger partial charge in [0.25, 0.3) is 0 Å². The van der Waals surface area contributed by atoms with Crippen LogP contribution in [0.5, 0.6) is 0 Å². The van der Waals surface area contributed by atoms with Gasteiger partial charge in [0.1, 0.15) is 25.4 Å². The fraction of sp³-hybridized carbons (Fsp3) is 0.417. The topological polar surface area (TPSA) is 71.1 Å². The Balaban J connectivity index is 1.29. The number of carbonyl (C=O) groups excluding carboxylic acids is 2. The summed E-state index contributed by atoms with van der Waals surface area (Å²) in [4.78, 5) is 24.4. The molecule has 0 amide bonds. The lowest BCUT2D eigenvalue weighted by atomic mass is 9.64. The summed E-state index contributed by atoms with van der Waals surface area (Å²) in [6.45, 7) is 0.284. The molecule has 2 aliphatic rings. The van der Waals surface area contributed by atoms with E-state index in [2.05, 4.69) is 0 Å². The van der Waals surface area contributed by atoms with Crippen molar-refractivity contribution in [1.82, 2.24) is 0 Å². The number of rotatable bonds is 6. The molecule has 2 aromatic carbocycles. The van der Waals surface area contributed by atoms with Gasteiger partial charge in [0, 0.05) is 0 Å². The minimum Gasteiger partial charge on any atom is -0.429 e. The highest BCUT2D eigenvalue weighted by molar-refractivity contribution is 5.61. The van der Waals surface area contributed by atoms with Gasteiger partial charge in [-0.3, -0.25) is 0 Å². The highest BCUT2D eigenvalue weighted by Crippen LogP contribution is 2.46. The summed E-state index contributed by atoms with van der Waals surface area (Å²) < 4.78 is 21.6. The van der Waals surface area contributed by atoms with Crippen LogP contribution in [-0.2, 0) is 32.2 Å². The van der Waals surface area contributed by atoms with Crippen LogP contribution in [0.3, 0.4) is 0 Å². The van der Waals surface area contributed by atoms with E-state index in [1.807, 2.05) is 60.7 Å². The molecular weight excluding hydrogens is 384 g/mol. The van der Waals surface area contributed by atoms with E-state index in [1.54, 1.807) is 0 Å². The van der Waals surface area contributed by atoms with E-state index in [1.165, 1.54) is 0 Å². The van der Waals surface area contributed by atoms with Crippen molar-refractivity contribution >= 4 is 12.3 Å². The fourth-order valence-corrected chi connectivity index (χ4v) is 4.16. The largest absolute Gasteiger partial charge is 0.509 e. The van der Waals surface area contributed by atoms with Gasteiger partial charge < -0.3 is 18.9 Å². The van der Waals surface area contributed by atoms with Crippen molar-refractivity contribution in [3.63, 3.8) is 0 Å². The van der Waals surface area contributed by atoms with Gasteiger partial charge in [0.15, 0.2) is 0 Å². The second kappa shape index (κ2) is 9.65. The third kappa shape index (κ3) is 5.32. The molecule has 2 aliphatic carbocycles. The zero-order valence-electron chi connectivity index (χ0n) is 16.8. The maximum atomic E-state index is 12.2. The van der Waals surface area contributed by atoms with E-state index in [0.717, 1.165) is 24.0 Å². The average Bonchev–Trinajstić information content (AvgIpc) is 2.76. The minimum atomic E-state index is -0.743. The van der Waals surface area contributed by atoms with Gasteiger partial charge in [-0.25, -0.2) is 9.59 Å². The standard InChI is InChI=1S/C24H26O6/c25-23(27-15-17-7-3-1-4-8-17)29-21-13-19-11-12-20(19)14-22(21)30-24(26)28-16-18-9-5-2-6-10-18/h1-10,19-22H,11-16H2. The van der Waals surface area contributed by atoms with Crippen LogP contribution in [0.1, 0.15) is 36.8 Å². The Kier molecular flexibility index (Phi) is 6.52. The van der Waals surface area contributed by atoms with E-state index in [-0.39, 0.29) is 13.2 Å². The molecule has 0 radical (unpaired) electrons. The number of benzene rings is 2. The van der Waals surface area contributed by atoms with Crippen LogP contribution in [0, 0.1) is 11.8 Å². The second-order valence-corrected chi connectivity index (χ2v) is 7.93. The fourth-order valence-electron chi connectivity index (χ4n) is 4.16. The molecule has 0 spiro atoms. The molecule has 0 bridgehead atoms. The van der Waals surface area contributed by atoms with Crippen molar-refractivity contribution < 1.29 is 28.5 Å². The maximum Gasteiger partial charge on any atom is 0.509 e. The van der Waals surface area contributed by atoms with Gasteiger partial charge in [-0.15, -0.1) is 0 Å². The van der Waals surface area contributed by atoms with Crippen LogP contribution in [0.2, 0.25) is 0 Å². The summed E-state index contributed by atoms with van der Waals surface area (Å²) in [5.74, 6) is 1.02. The predicted molar refractivity (Wildman–Crippen MR) is 108 cm³/mol. The van der Waals surface area contributed by atoms with Gasteiger partial charge in [-0.2, -0.15) is 0 Å². The van der Waals surface area contributed by atoms with E-state index in [0.29, 0.717) is 24.7 Å². The van der Waals surface area contributed by atoms with Crippen molar-refractivity contribution in [3.05, 3.63) is 71.8 Å². The highest BCUT2D eigenvalue weighted by atomic mass is 16.8. The Morgan fingerprint density at radius 2 is 1.07 bits per heavy atom. The lowest BCUT2D eigenvalue weighted by Gasteiger charge is -2.46. The molecule has 2 saturated carbocycles. The molecule has 2 fully saturated rings. The van der Waals surface area contributed by atoms with Gasteiger partial charge >= 0.3 is 12.3 Å². The normalized spacial score (nSPS) is 24.7. The van der Waals surface area contributed by atoms with Crippen LogP contribution in [0.4, 0.5) is 9.59 Å². The van der Waals surface area contributed by atoms with E-state index in [4.69, 9.17) is 18.9 Å². The van der Waals surface area contributed by atoms with Gasteiger partial charge in [0.05, 0.1) is 0 Å². The molecule has 30 heavy (non-hydrogen) atoms. The van der Waals surface area contributed by atoms with E-state index < -0.39 is 24.5 Å². The number of hydrogen-bond acceptors (Lipinski definition) is 6. The molecule has 0 N–H and O–H groups in total. The first-order valence-corrected chi connectivity index (χ1v) is 10.4. The van der Waals surface area contributed by atoms with Crippen LogP contribution in [-0.4, -0.2) is 24.5 Å². The summed E-state index contributed by atoms with van der Waals surface area (Å²) in [5.41, 5.74) is 1.77. The summed E-state index contributed by atoms with van der Waals surface area (Å²) in [6.07, 6.45) is 1.09. The monoisotopic (exact) mass is 410 g/mol. The Morgan fingerprint density at radius 3 is 1.43 bits per heavy atom. The van der Waals surface area contributed by atoms with Crippen LogP contribution < -0.4 is 0 Å². The Morgan fingerprint density at radius 1 is 0.667 bits per heavy atom. The quantitative estimate of drug-likeness (QED) is 0.606. The van der Waals surface area contributed by atoms with Crippen molar-refractivity contribution in [3.8, 4) is 0 Å². The van der Waals surface area contributed by atoms with Gasteiger partial charge in [0.2, 0.25) is 0 Å². The molecular formula is C24H26O6. The Bertz CT molecular complexity index is 766. The third-order valence-corrected chi connectivity index (χ3v) is 5.95. The number of hydrogen-bond donors (Lipinski definition) is 0. The lowest BCUT2D eigenvalue weighted by molar-refractivity contribution is -0.111. The van der Waals surface area contributed by atoms with Crippen molar-refractivity contribution in [2.45, 2.75) is 51.1 Å². The summed E-state index contributed by atoms with van der Waals surface area (Å²) in [6, 6.07) is 18.8. The molecule has 4 rings (SSSR count). The molecule has 0 aliphatic heterocycles. The first-order chi connectivity index (χ1) is 14.7. The first kappa shape index (κ1) is 20.3. The maximum absolute atomic E-state index is 12.2. The molecule has 4 unspecified atom stereocenters. The molecule has 0 saturated heterocycles. The summed E-state index contributed by atoms with van der Waals surface area (Å²) in [7, 11) is 0. The van der Waals surface area contributed by atoms with Crippen molar-refractivity contribution in [2.24, 2.45) is 11.8 Å². The molecule has 158 valence electrons. The van der Waals surface area contributed by atoms with Crippen LogP contribution >= 0.6 is 0 Å². The Labute approximate surface area is 176 Å². The average molecular weight is 410 g/mol. The third-order valence-electron chi connectivity index (χ3n) is 5.95. The van der Waals surface area contributed by atoms with Gasteiger partial charge in [-0.05, 0) is 48.6 Å². The molecule has 2 aromatic rings. The van der Waals surface area contributed by atoms with E-state index >= 15 is 0 Å². The smallest absolute Gasteiger partial charge is 0.429 e. The molecule has 6 heteroatoms. The van der Waals surface area contributed by atoms with Crippen LogP contribution in [0.15, 0.2) is 60.7 Å². The Hall–Kier alpha value is -3.02. The zero-order valence-corrected chi connectivity index (χ0v) is 16.8. The molecule has 0 heterocycles. The molecule has 6 nitrogen and oxygen atoms in total. The number of ether oxygens (including phenoxy) is 4. The van der Waals surface area contributed by atoms with Crippen molar-refractivity contribution in [1.29, 1.82) is 0 Å². The number of carbonyl (C=O) groups is 2.